The van der Waals surface area contributed by atoms with Crippen LogP contribution in [-0.4, -0.2) is 26.2 Å². The summed E-state index contributed by atoms with van der Waals surface area (Å²) in [5.74, 6) is 1.25. The molecule has 0 amide bonds. The maximum absolute atomic E-state index is 5.30. The minimum atomic E-state index is 0.533. The molecule has 5 nitrogen and oxygen atoms in total. The quantitative estimate of drug-likeness (QED) is 0.683. The molecule has 0 radical (unpaired) electrons. The maximum atomic E-state index is 5.30. The van der Waals surface area contributed by atoms with Gasteiger partial charge in [0.1, 0.15) is 5.82 Å². The van der Waals surface area contributed by atoms with Crippen LogP contribution in [-0.2, 0) is 0 Å². The van der Waals surface area contributed by atoms with Gasteiger partial charge in [0.25, 0.3) is 5.88 Å². The smallest absolute Gasteiger partial charge is 0.259 e. The van der Waals surface area contributed by atoms with Crippen molar-refractivity contribution < 1.29 is 4.74 Å². The zero-order chi connectivity index (χ0) is 9.26. The van der Waals surface area contributed by atoms with Gasteiger partial charge in [0.2, 0.25) is 5.65 Å². The Morgan fingerprint density at radius 2 is 2.38 bits per heavy atom. The van der Waals surface area contributed by atoms with Crippen molar-refractivity contribution in [1.29, 1.82) is 0 Å². The van der Waals surface area contributed by atoms with Gasteiger partial charge in [0.15, 0.2) is 0 Å². The van der Waals surface area contributed by atoms with E-state index in [0.29, 0.717) is 24.0 Å². The highest BCUT2D eigenvalue weighted by atomic mass is 16.5. The number of nitrogens with zero attached hydrogens (tertiary/aromatic N) is 4. The summed E-state index contributed by atoms with van der Waals surface area (Å²) < 4.78 is 6.96. The Bertz CT molecular complexity index is 423. The van der Waals surface area contributed by atoms with Crippen molar-refractivity contribution in [3.63, 3.8) is 0 Å². The van der Waals surface area contributed by atoms with Crippen LogP contribution in [0.25, 0.3) is 5.65 Å². The first-order chi connectivity index (χ1) is 6.31. The Labute approximate surface area is 75.4 Å². The molecule has 0 spiro atoms. The summed E-state index contributed by atoms with van der Waals surface area (Å²) in [6, 6.07) is 0. The minimum Gasteiger partial charge on any atom is -0.475 e. The van der Waals surface area contributed by atoms with E-state index in [4.69, 9.17) is 4.74 Å². The number of hydrogen-bond acceptors (Lipinski definition) is 4. The lowest BCUT2D eigenvalue weighted by atomic mass is 10.6. The molecule has 0 atom stereocenters. The second-order valence-corrected chi connectivity index (χ2v) is 2.59. The van der Waals surface area contributed by atoms with E-state index in [1.807, 2.05) is 13.8 Å². The van der Waals surface area contributed by atoms with Crippen LogP contribution in [0.4, 0.5) is 0 Å². The van der Waals surface area contributed by atoms with Gasteiger partial charge in [-0.05, 0) is 13.8 Å². The average molecular weight is 178 g/mol. The molecular weight excluding hydrogens is 168 g/mol. The fraction of sp³-hybridized carbons (Fsp3) is 0.375. The predicted octanol–water partition coefficient (Wildman–Crippen LogP) is 0.831. The first-order valence-corrected chi connectivity index (χ1v) is 4.12. The van der Waals surface area contributed by atoms with E-state index < -0.39 is 0 Å². The lowest BCUT2D eigenvalue weighted by Gasteiger charge is -2.00. The molecule has 5 heteroatoms. The van der Waals surface area contributed by atoms with Gasteiger partial charge in [-0.1, -0.05) is 0 Å². The molecule has 2 aromatic heterocycles. The van der Waals surface area contributed by atoms with Gasteiger partial charge in [0.05, 0.1) is 6.61 Å². The average Bonchev–Trinajstić information content (AvgIpc) is 2.47. The van der Waals surface area contributed by atoms with E-state index in [1.54, 1.807) is 16.9 Å². The summed E-state index contributed by atoms with van der Waals surface area (Å²) in [6.45, 7) is 4.33. The lowest BCUT2D eigenvalue weighted by Crippen LogP contribution is -1.98. The molecule has 0 aliphatic heterocycles. The van der Waals surface area contributed by atoms with E-state index in [2.05, 4.69) is 15.1 Å². The Morgan fingerprint density at radius 1 is 1.54 bits per heavy atom. The number of rotatable bonds is 2. The fourth-order valence-electron chi connectivity index (χ4n) is 1.14. The second-order valence-electron chi connectivity index (χ2n) is 2.59. The van der Waals surface area contributed by atoms with E-state index in [0.717, 1.165) is 0 Å². The molecule has 0 saturated carbocycles. The normalized spacial score (nSPS) is 10.6. The number of hydrogen-bond donors (Lipinski definition) is 0. The van der Waals surface area contributed by atoms with Crippen LogP contribution < -0.4 is 4.74 Å². The topological polar surface area (TPSA) is 52.3 Å². The van der Waals surface area contributed by atoms with E-state index in [-0.39, 0.29) is 0 Å². The molecule has 2 aromatic rings. The first-order valence-electron chi connectivity index (χ1n) is 4.12. The molecule has 0 aliphatic rings. The molecule has 0 N–H and O–H groups in total. The zero-order valence-electron chi connectivity index (χ0n) is 7.56. The Balaban J connectivity index is 2.60. The first kappa shape index (κ1) is 7.97. The third-order valence-electron chi connectivity index (χ3n) is 1.61. The van der Waals surface area contributed by atoms with E-state index in [9.17, 15) is 0 Å². The highest BCUT2D eigenvalue weighted by molar-refractivity contribution is 5.47. The van der Waals surface area contributed by atoms with Gasteiger partial charge < -0.3 is 4.74 Å². The number of ether oxygens (including phenoxy) is 1. The summed E-state index contributed by atoms with van der Waals surface area (Å²) in [4.78, 5) is 8.26. The molecule has 0 fully saturated rings. The van der Waals surface area contributed by atoms with Crippen molar-refractivity contribution in [2.24, 2.45) is 0 Å². The van der Waals surface area contributed by atoms with Gasteiger partial charge in [-0.2, -0.15) is 5.10 Å². The maximum Gasteiger partial charge on any atom is 0.259 e. The van der Waals surface area contributed by atoms with Crippen molar-refractivity contribution in [1.82, 2.24) is 19.6 Å². The summed E-state index contributed by atoms with van der Waals surface area (Å²) in [6.07, 6.45) is 3.39. The summed E-state index contributed by atoms with van der Waals surface area (Å²) in [5.41, 5.74) is 0.668. The van der Waals surface area contributed by atoms with E-state index >= 15 is 0 Å². The molecule has 0 saturated heterocycles. The zero-order valence-corrected chi connectivity index (χ0v) is 7.56. The van der Waals surface area contributed by atoms with Crippen molar-refractivity contribution in [2.45, 2.75) is 13.8 Å². The van der Waals surface area contributed by atoms with Crippen LogP contribution in [0.5, 0.6) is 5.88 Å². The fourth-order valence-corrected chi connectivity index (χ4v) is 1.14. The van der Waals surface area contributed by atoms with Gasteiger partial charge >= 0.3 is 0 Å². The Kier molecular flexibility index (Phi) is 1.84. The molecule has 2 rings (SSSR count). The van der Waals surface area contributed by atoms with Gasteiger partial charge in [0, 0.05) is 12.4 Å². The van der Waals surface area contributed by atoms with Gasteiger partial charge in [-0.3, -0.25) is 0 Å². The minimum absolute atomic E-state index is 0.533. The lowest BCUT2D eigenvalue weighted by molar-refractivity contribution is 0.328. The summed E-state index contributed by atoms with van der Waals surface area (Å²) >= 11 is 0. The SMILES string of the molecule is CCOc1nccn2nc(C)nc12. The second kappa shape index (κ2) is 3.01. The monoisotopic (exact) mass is 178 g/mol. The van der Waals surface area contributed by atoms with Crippen LogP contribution in [0.1, 0.15) is 12.7 Å². The van der Waals surface area contributed by atoms with Gasteiger partial charge in [-0.25, -0.2) is 14.5 Å². The van der Waals surface area contributed by atoms with Gasteiger partial charge in [-0.15, -0.1) is 0 Å². The Morgan fingerprint density at radius 3 is 3.15 bits per heavy atom. The molecule has 68 valence electrons. The van der Waals surface area contributed by atoms with Crippen LogP contribution in [0.15, 0.2) is 12.4 Å². The molecule has 0 unspecified atom stereocenters. The molecule has 2 heterocycles. The number of fused-ring (bicyclic) bond motifs is 1. The summed E-state index contributed by atoms with van der Waals surface area (Å²) in [5, 5.41) is 4.14. The van der Waals surface area contributed by atoms with Crippen molar-refractivity contribution in [2.75, 3.05) is 6.61 Å². The predicted molar refractivity (Wildman–Crippen MR) is 46.7 cm³/mol. The van der Waals surface area contributed by atoms with Crippen LogP contribution in [0.2, 0.25) is 0 Å². The molecule has 0 aliphatic carbocycles. The largest absolute Gasteiger partial charge is 0.475 e. The molecule has 13 heavy (non-hydrogen) atoms. The molecule has 0 aromatic carbocycles. The highest BCUT2D eigenvalue weighted by Gasteiger charge is 2.06. The number of aromatic nitrogens is 4. The van der Waals surface area contributed by atoms with Crippen molar-refractivity contribution in [3.8, 4) is 5.88 Å². The van der Waals surface area contributed by atoms with Crippen molar-refractivity contribution >= 4 is 5.65 Å². The van der Waals surface area contributed by atoms with Crippen LogP contribution in [0.3, 0.4) is 0 Å². The third kappa shape index (κ3) is 1.32. The molecule has 0 bridgehead atoms. The summed E-state index contributed by atoms with van der Waals surface area (Å²) in [7, 11) is 0. The van der Waals surface area contributed by atoms with Crippen LogP contribution in [0, 0.1) is 6.92 Å². The van der Waals surface area contributed by atoms with Crippen molar-refractivity contribution in [3.05, 3.63) is 18.2 Å². The van der Waals surface area contributed by atoms with E-state index in [1.165, 1.54) is 0 Å². The Hall–Kier alpha value is -1.65. The van der Waals surface area contributed by atoms with Crippen LogP contribution >= 0.6 is 0 Å². The highest BCUT2D eigenvalue weighted by Crippen LogP contribution is 2.12. The third-order valence-corrected chi connectivity index (χ3v) is 1.61. The standard InChI is InChI=1S/C8H10N4O/c1-3-13-8-7-10-6(2)11-12(7)5-4-9-8/h4-5H,3H2,1-2H3. The number of aryl methyl sites for hydroxylation is 1. The molecular formula is C8H10N4O.